The van der Waals surface area contributed by atoms with Gasteiger partial charge in [0, 0.05) is 21.5 Å². The fourth-order valence-corrected chi connectivity index (χ4v) is 3.88. The topological polar surface area (TPSA) is 76.9 Å². The maximum Gasteiger partial charge on any atom is 0.277 e. The Morgan fingerprint density at radius 3 is 2.53 bits per heavy atom. The highest BCUT2D eigenvalue weighted by Crippen LogP contribution is 2.31. The van der Waals surface area contributed by atoms with Crippen LogP contribution in [-0.4, -0.2) is 20.7 Å². The van der Waals surface area contributed by atoms with Gasteiger partial charge in [0.1, 0.15) is 5.69 Å². The van der Waals surface area contributed by atoms with Gasteiger partial charge in [0.2, 0.25) is 0 Å². The number of anilines is 1. The van der Waals surface area contributed by atoms with E-state index in [4.69, 9.17) is 11.6 Å². The summed E-state index contributed by atoms with van der Waals surface area (Å²) in [4.78, 5) is 30.3. The van der Waals surface area contributed by atoms with Gasteiger partial charge < -0.3 is 0 Å². The summed E-state index contributed by atoms with van der Waals surface area (Å²) >= 11 is 7.32. The number of carbonyl (C=O) groups excluding carboxylic acids is 1. The molecule has 6 nitrogen and oxygen atoms in total. The van der Waals surface area contributed by atoms with Crippen LogP contribution >= 0.6 is 22.9 Å². The lowest BCUT2D eigenvalue weighted by Crippen LogP contribution is -2.26. The van der Waals surface area contributed by atoms with Gasteiger partial charge >= 0.3 is 0 Å². The van der Waals surface area contributed by atoms with E-state index in [9.17, 15) is 9.59 Å². The SMILES string of the molecule is Cc1sc(NC(=O)c2ccc(=O)n(Cc3ccccc3)n2)nc1-c1ccc(Cl)cc1. The molecule has 0 saturated heterocycles. The first-order valence-electron chi connectivity index (χ1n) is 9.16. The fourth-order valence-electron chi connectivity index (χ4n) is 2.93. The highest BCUT2D eigenvalue weighted by molar-refractivity contribution is 7.16. The van der Waals surface area contributed by atoms with Gasteiger partial charge in [-0.05, 0) is 30.7 Å². The number of hydrogen-bond donors (Lipinski definition) is 1. The summed E-state index contributed by atoms with van der Waals surface area (Å²) in [6.45, 7) is 2.23. The third-order valence-electron chi connectivity index (χ3n) is 4.41. The molecule has 0 radical (unpaired) electrons. The normalized spacial score (nSPS) is 10.7. The van der Waals surface area contributed by atoms with Crippen LogP contribution in [0.15, 0.2) is 71.5 Å². The summed E-state index contributed by atoms with van der Waals surface area (Å²) in [5.41, 5.74) is 2.50. The van der Waals surface area contributed by atoms with Gasteiger partial charge in [0.15, 0.2) is 5.13 Å². The molecule has 0 fully saturated rings. The number of benzene rings is 2. The van der Waals surface area contributed by atoms with E-state index in [1.54, 1.807) is 12.1 Å². The average molecular weight is 437 g/mol. The first-order chi connectivity index (χ1) is 14.5. The predicted octanol–water partition coefficient (Wildman–Crippen LogP) is 4.63. The smallest absolute Gasteiger partial charge is 0.277 e. The zero-order valence-corrected chi connectivity index (χ0v) is 17.6. The molecule has 150 valence electrons. The average Bonchev–Trinajstić information content (AvgIpc) is 3.11. The summed E-state index contributed by atoms with van der Waals surface area (Å²) in [6, 6.07) is 19.6. The van der Waals surface area contributed by atoms with Gasteiger partial charge in [0.05, 0.1) is 12.2 Å². The van der Waals surface area contributed by atoms with Crippen LogP contribution in [0.2, 0.25) is 5.02 Å². The molecule has 0 atom stereocenters. The first kappa shape index (κ1) is 20.0. The van der Waals surface area contributed by atoms with Gasteiger partial charge in [-0.15, -0.1) is 11.3 Å². The molecule has 1 amide bonds. The molecule has 4 aromatic rings. The Kier molecular flexibility index (Phi) is 5.74. The lowest BCUT2D eigenvalue weighted by Gasteiger charge is -2.07. The van der Waals surface area contributed by atoms with Crippen LogP contribution in [-0.2, 0) is 6.54 Å². The largest absolute Gasteiger partial charge is 0.296 e. The van der Waals surface area contributed by atoms with Crippen LogP contribution < -0.4 is 10.9 Å². The van der Waals surface area contributed by atoms with Crippen molar-refractivity contribution in [1.82, 2.24) is 14.8 Å². The van der Waals surface area contributed by atoms with Gasteiger partial charge in [0.25, 0.3) is 11.5 Å². The molecule has 30 heavy (non-hydrogen) atoms. The molecule has 1 N–H and O–H groups in total. The highest BCUT2D eigenvalue weighted by Gasteiger charge is 2.15. The van der Waals surface area contributed by atoms with E-state index in [0.29, 0.717) is 10.2 Å². The van der Waals surface area contributed by atoms with E-state index in [1.807, 2.05) is 49.4 Å². The Morgan fingerprint density at radius 1 is 1.07 bits per heavy atom. The van der Waals surface area contributed by atoms with Crippen molar-refractivity contribution in [1.29, 1.82) is 0 Å². The van der Waals surface area contributed by atoms with Gasteiger partial charge in [-0.3, -0.25) is 14.9 Å². The Morgan fingerprint density at radius 2 is 1.80 bits per heavy atom. The summed E-state index contributed by atoms with van der Waals surface area (Å²) in [5, 5.41) is 8.10. The van der Waals surface area contributed by atoms with Crippen molar-refractivity contribution in [3.05, 3.63) is 98.2 Å². The second kappa shape index (κ2) is 8.61. The number of thiazole rings is 1. The number of aromatic nitrogens is 3. The summed E-state index contributed by atoms with van der Waals surface area (Å²) in [6.07, 6.45) is 0. The van der Waals surface area contributed by atoms with E-state index in [1.165, 1.54) is 28.2 Å². The Balaban J connectivity index is 1.54. The van der Waals surface area contributed by atoms with Crippen molar-refractivity contribution in [3.63, 3.8) is 0 Å². The molecule has 0 spiro atoms. The van der Waals surface area contributed by atoms with E-state index in [0.717, 1.165) is 21.7 Å². The zero-order chi connectivity index (χ0) is 21.1. The lowest BCUT2D eigenvalue weighted by molar-refractivity contribution is 0.102. The van der Waals surface area contributed by atoms with Crippen LogP contribution in [0, 0.1) is 6.92 Å². The Hall–Kier alpha value is -3.29. The Labute approximate surface area is 181 Å². The first-order valence-corrected chi connectivity index (χ1v) is 10.4. The molecule has 2 aromatic heterocycles. The van der Waals surface area contributed by atoms with Crippen molar-refractivity contribution in [2.24, 2.45) is 0 Å². The minimum absolute atomic E-state index is 0.145. The van der Waals surface area contributed by atoms with Crippen molar-refractivity contribution in [2.75, 3.05) is 5.32 Å². The van der Waals surface area contributed by atoms with E-state index < -0.39 is 5.91 Å². The monoisotopic (exact) mass is 436 g/mol. The van der Waals surface area contributed by atoms with Crippen LogP contribution in [0.4, 0.5) is 5.13 Å². The number of aryl methyl sites for hydroxylation is 1. The number of nitrogens with zero attached hydrogens (tertiary/aromatic N) is 3. The second-order valence-corrected chi connectivity index (χ2v) is 8.22. The number of rotatable bonds is 5. The molecule has 0 aliphatic rings. The van der Waals surface area contributed by atoms with Gasteiger partial charge in [-0.25, -0.2) is 9.67 Å². The summed E-state index contributed by atoms with van der Waals surface area (Å²) in [7, 11) is 0. The van der Waals surface area contributed by atoms with Crippen LogP contribution in [0.3, 0.4) is 0 Å². The van der Waals surface area contributed by atoms with Gasteiger partial charge in [-0.1, -0.05) is 54.1 Å². The van der Waals surface area contributed by atoms with Crippen molar-refractivity contribution >= 4 is 34.0 Å². The molecule has 8 heteroatoms. The molecule has 0 aliphatic carbocycles. The van der Waals surface area contributed by atoms with E-state index in [2.05, 4.69) is 15.4 Å². The maximum absolute atomic E-state index is 12.7. The van der Waals surface area contributed by atoms with Crippen LogP contribution in [0.5, 0.6) is 0 Å². The van der Waals surface area contributed by atoms with Gasteiger partial charge in [-0.2, -0.15) is 5.10 Å². The molecule has 2 aromatic carbocycles. The minimum Gasteiger partial charge on any atom is -0.296 e. The summed E-state index contributed by atoms with van der Waals surface area (Å²) in [5.74, 6) is -0.423. The number of hydrogen-bond acceptors (Lipinski definition) is 5. The highest BCUT2D eigenvalue weighted by atomic mass is 35.5. The number of carbonyl (C=O) groups is 1. The fraction of sp³-hybridized carbons (Fsp3) is 0.0909. The molecule has 0 saturated carbocycles. The third-order valence-corrected chi connectivity index (χ3v) is 5.55. The quantitative estimate of drug-likeness (QED) is 0.494. The molecule has 2 heterocycles. The van der Waals surface area contributed by atoms with Crippen molar-refractivity contribution in [3.8, 4) is 11.3 Å². The van der Waals surface area contributed by atoms with Crippen LogP contribution in [0.25, 0.3) is 11.3 Å². The number of nitrogens with one attached hydrogen (secondary N) is 1. The zero-order valence-electron chi connectivity index (χ0n) is 16.0. The third kappa shape index (κ3) is 4.48. The van der Waals surface area contributed by atoms with Crippen LogP contribution in [0.1, 0.15) is 20.9 Å². The van der Waals surface area contributed by atoms with E-state index >= 15 is 0 Å². The summed E-state index contributed by atoms with van der Waals surface area (Å²) < 4.78 is 1.27. The number of halogens is 1. The molecule has 0 bridgehead atoms. The molecule has 0 unspecified atom stereocenters. The molecule has 4 rings (SSSR count). The maximum atomic E-state index is 12.7. The van der Waals surface area contributed by atoms with Crippen molar-refractivity contribution in [2.45, 2.75) is 13.5 Å². The molecular formula is C22H17ClN4O2S. The standard InChI is InChI=1S/C22H17ClN4O2S/c1-14-20(16-7-9-17(23)10-8-16)24-22(30-14)25-21(29)18-11-12-19(28)27(26-18)13-15-5-3-2-4-6-15/h2-12H,13H2,1H3,(H,24,25,29). The van der Waals surface area contributed by atoms with E-state index in [-0.39, 0.29) is 17.8 Å². The predicted molar refractivity (Wildman–Crippen MR) is 119 cm³/mol. The Bertz CT molecular complexity index is 1250. The lowest BCUT2D eigenvalue weighted by atomic mass is 10.1. The molecule has 0 aliphatic heterocycles. The van der Waals surface area contributed by atoms with Crippen molar-refractivity contribution < 1.29 is 4.79 Å². The second-order valence-electron chi connectivity index (χ2n) is 6.58. The molecular weight excluding hydrogens is 420 g/mol. The minimum atomic E-state index is -0.423. The number of amides is 1.